The van der Waals surface area contributed by atoms with Gasteiger partial charge in [0.25, 0.3) is 0 Å². The lowest BCUT2D eigenvalue weighted by atomic mass is 10.1. The number of anilines is 1. The highest BCUT2D eigenvalue weighted by Gasteiger charge is 2.27. The topological polar surface area (TPSA) is 180 Å². The van der Waals surface area contributed by atoms with Crippen LogP contribution in [0.4, 0.5) is 5.69 Å². The fraction of sp³-hybridized carbons (Fsp3) is 0.381. The third kappa shape index (κ3) is 6.80. The van der Waals surface area contributed by atoms with E-state index < -0.39 is 34.0 Å². The first kappa shape index (κ1) is 25.9. The van der Waals surface area contributed by atoms with E-state index in [0.29, 0.717) is 11.8 Å². The molecule has 0 saturated carbocycles. The Labute approximate surface area is 192 Å². The molecule has 0 aliphatic heterocycles. The molecular formula is C21H30N6O5S. The van der Waals surface area contributed by atoms with E-state index in [4.69, 9.17) is 11.5 Å². The number of nitrogens with two attached hydrogens (primary N) is 2. The minimum atomic E-state index is -4.08. The van der Waals surface area contributed by atoms with Crippen LogP contribution in [0.5, 0.6) is 0 Å². The maximum Gasteiger partial charge on any atom is 0.326 e. The second kappa shape index (κ2) is 11.0. The molecule has 0 bridgehead atoms. The molecule has 0 heterocycles. The van der Waals surface area contributed by atoms with Gasteiger partial charge in [0.05, 0.1) is 10.9 Å². The molecule has 11 nitrogen and oxygen atoms in total. The number of hydrogen-bond acceptors (Lipinski definition) is 6. The molecule has 0 spiro atoms. The Morgan fingerprint density at radius 3 is 2.36 bits per heavy atom. The van der Waals surface area contributed by atoms with Gasteiger partial charge in [0.1, 0.15) is 6.04 Å². The Hall–Kier alpha value is -3.38. The second-order valence-electron chi connectivity index (χ2n) is 7.71. The van der Waals surface area contributed by atoms with Crippen LogP contribution >= 0.6 is 0 Å². The summed E-state index contributed by atoms with van der Waals surface area (Å²) in [6.07, 6.45) is 0.396. The van der Waals surface area contributed by atoms with E-state index in [1.807, 2.05) is 31.1 Å². The summed E-state index contributed by atoms with van der Waals surface area (Å²) in [6, 6.07) is 7.82. The van der Waals surface area contributed by atoms with Crippen molar-refractivity contribution in [3.8, 4) is 0 Å². The van der Waals surface area contributed by atoms with Crippen LogP contribution in [-0.2, 0) is 19.6 Å². The number of nitrogens with zero attached hydrogens (tertiary/aromatic N) is 2. The minimum Gasteiger partial charge on any atom is -0.480 e. The zero-order valence-corrected chi connectivity index (χ0v) is 19.6. The Morgan fingerprint density at radius 1 is 1.12 bits per heavy atom. The Kier molecular flexibility index (Phi) is 8.60. The first-order valence-corrected chi connectivity index (χ1v) is 11.7. The summed E-state index contributed by atoms with van der Waals surface area (Å²) in [5.41, 5.74) is 11.3. The summed E-state index contributed by atoms with van der Waals surface area (Å²) in [7, 11) is -0.367. The van der Waals surface area contributed by atoms with Crippen molar-refractivity contribution < 1.29 is 23.1 Å². The quantitative estimate of drug-likeness (QED) is 0.172. The standard InChI is InChI=1S/C21H30N6O5S/c1-13(19(28)25-16(20(29)30)9-6-12-24-21(22)23)26-33(31,32)18-11-5-7-14-15(18)8-4-10-17(14)27(2)3/h4-5,7-8,10-11,13,16,26H,6,9,12H2,1-3H3,(H,25,28)(H,29,30)(H4,22,23,24). The number of aliphatic imine (C=N–C) groups is 1. The van der Waals surface area contributed by atoms with Crippen molar-refractivity contribution >= 4 is 44.3 Å². The fourth-order valence-electron chi connectivity index (χ4n) is 3.30. The number of amides is 1. The van der Waals surface area contributed by atoms with Crippen LogP contribution in [0.15, 0.2) is 46.3 Å². The number of fused-ring (bicyclic) bond motifs is 1. The molecule has 0 saturated heterocycles. The highest BCUT2D eigenvalue weighted by molar-refractivity contribution is 7.89. The third-order valence-corrected chi connectivity index (χ3v) is 6.51. The summed E-state index contributed by atoms with van der Waals surface area (Å²) in [4.78, 5) is 29.7. The van der Waals surface area contributed by atoms with Crippen molar-refractivity contribution in [1.29, 1.82) is 0 Å². The third-order valence-electron chi connectivity index (χ3n) is 4.92. The van der Waals surface area contributed by atoms with Crippen LogP contribution in [0.3, 0.4) is 0 Å². The summed E-state index contributed by atoms with van der Waals surface area (Å²) in [6.45, 7) is 1.56. The number of nitrogens with one attached hydrogen (secondary N) is 2. The van der Waals surface area contributed by atoms with Crippen LogP contribution < -0.4 is 26.4 Å². The molecule has 2 rings (SSSR count). The molecular weight excluding hydrogens is 448 g/mol. The van der Waals surface area contributed by atoms with E-state index in [0.717, 1.165) is 11.1 Å². The van der Waals surface area contributed by atoms with Crippen LogP contribution in [0.2, 0.25) is 0 Å². The molecule has 180 valence electrons. The van der Waals surface area contributed by atoms with Crippen molar-refractivity contribution in [2.45, 2.75) is 36.7 Å². The molecule has 2 atom stereocenters. The van der Waals surface area contributed by atoms with Crippen molar-refractivity contribution in [2.75, 3.05) is 25.5 Å². The number of hydrogen-bond donors (Lipinski definition) is 5. The van der Waals surface area contributed by atoms with Gasteiger partial charge in [-0.15, -0.1) is 0 Å². The number of rotatable bonds is 11. The number of carbonyl (C=O) groups excluding carboxylic acids is 1. The van der Waals surface area contributed by atoms with E-state index >= 15 is 0 Å². The summed E-state index contributed by atoms with van der Waals surface area (Å²) in [5, 5.41) is 13.0. The Balaban J connectivity index is 2.17. The van der Waals surface area contributed by atoms with E-state index in [1.54, 1.807) is 18.2 Å². The molecule has 0 aliphatic rings. The highest BCUT2D eigenvalue weighted by atomic mass is 32.2. The molecule has 0 aliphatic carbocycles. The highest BCUT2D eigenvalue weighted by Crippen LogP contribution is 2.30. The summed E-state index contributed by atoms with van der Waals surface area (Å²) in [5.74, 6) is -2.12. The Morgan fingerprint density at radius 2 is 1.76 bits per heavy atom. The summed E-state index contributed by atoms with van der Waals surface area (Å²) < 4.78 is 28.5. The lowest BCUT2D eigenvalue weighted by Gasteiger charge is -2.20. The predicted octanol–water partition coefficient (Wildman–Crippen LogP) is 0.196. The predicted molar refractivity (Wildman–Crippen MR) is 128 cm³/mol. The zero-order valence-electron chi connectivity index (χ0n) is 18.8. The maximum atomic E-state index is 13.1. The number of carboxylic acids is 1. The number of carboxylic acid groups (broad SMARTS) is 1. The van der Waals surface area contributed by atoms with Gasteiger partial charge in [0.15, 0.2) is 5.96 Å². The molecule has 2 aromatic carbocycles. The second-order valence-corrected chi connectivity index (χ2v) is 9.40. The molecule has 2 unspecified atom stereocenters. The smallest absolute Gasteiger partial charge is 0.326 e. The first-order chi connectivity index (χ1) is 15.4. The first-order valence-electron chi connectivity index (χ1n) is 10.2. The van der Waals surface area contributed by atoms with Crippen LogP contribution in [0.25, 0.3) is 10.8 Å². The molecule has 7 N–H and O–H groups in total. The van der Waals surface area contributed by atoms with E-state index in [1.165, 1.54) is 13.0 Å². The fourth-order valence-corrected chi connectivity index (χ4v) is 4.72. The molecule has 12 heteroatoms. The van der Waals surface area contributed by atoms with Crippen molar-refractivity contribution in [1.82, 2.24) is 10.0 Å². The monoisotopic (exact) mass is 478 g/mol. The molecule has 2 aromatic rings. The van der Waals surface area contributed by atoms with Gasteiger partial charge >= 0.3 is 5.97 Å². The van der Waals surface area contributed by atoms with E-state index in [-0.39, 0.29) is 23.8 Å². The number of carbonyl (C=O) groups is 2. The van der Waals surface area contributed by atoms with Crippen molar-refractivity contribution in [2.24, 2.45) is 16.5 Å². The molecule has 1 amide bonds. The van der Waals surface area contributed by atoms with E-state index in [2.05, 4.69) is 15.0 Å². The van der Waals surface area contributed by atoms with Crippen LogP contribution in [0.1, 0.15) is 19.8 Å². The minimum absolute atomic E-state index is 0.0235. The molecule has 33 heavy (non-hydrogen) atoms. The lowest BCUT2D eigenvalue weighted by molar-refractivity contribution is -0.142. The van der Waals surface area contributed by atoms with Gasteiger partial charge in [-0.2, -0.15) is 4.72 Å². The number of benzene rings is 2. The van der Waals surface area contributed by atoms with E-state index in [9.17, 15) is 23.1 Å². The van der Waals surface area contributed by atoms with Crippen LogP contribution in [0, 0.1) is 0 Å². The van der Waals surface area contributed by atoms with Gasteiger partial charge < -0.3 is 26.8 Å². The van der Waals surface area contributed by atoms with Gasteiger partial charge in [0.2, 0.25) is 15.9 Å². The van der Waals surface area contributed by atoms with Gasteiger partial charge in [-0.05, 0) is 31.9 Å². The zero-order chi connectivity index (χ0) is 24.8. The van der Waals surface area contributed by atoms with Gasteiger partial charge in [0, 0.05) is 37.1 Å². The van der Waals surface area contributed by atoms with Gasteiger partial charge in [-0.25, -0.2) is 13.2 Å². The van der Waals surface area contributed by atoms with Crippen molar-refractivity contribution in [3.05, 3.63) is 36.4 Å². The summed E-state index contributed by atoms with van der Waals surface area (Å²) >= 11 is 0. The van der Waals surface area contributed by atoms with Gasteiger partial charge in [-0.1, -0.05) is 24.3 Å². The Bertz CT molecular complexity index is 1150. The number of sulfonamides is 1. The molecule has 0 fully saturated rings. The average Bonchev–Trinajstić information content (AvgIpc) is 2.73. The number of aliphatic carboxylic acids is 1. The van der Waals surface area contributed by atoms with Crippen LogP contribution in [-0.4, -0.2) is 64.1 Å². The largest absolute Gasteiger partial charge is 0.480 e. The number of guanidine groups is 1. The maximum absolute atomic E-state index is 13.1. The molecule has 0 aromatic heterocycles. The van der Waals surface area contributed by atoms with Gasteiger partial charge in [-0.3, -0.25) is 9.79 Å². The average molecular weight is 479 g/mol. The lowest BCUT2D eigenvalue weighted by Crippen LogP contribution is -2.50. The normalized spacial score (nSPS) is 13.2. The molecule has 0 radical (unpaired) electrons. The SMILES string of the molecule is CC(NS(=O)(=O)c1cccc2c(N(C)C)cccc12)C(=O)NC(CCCN=C(N)N)C(=O)O. The van der Waals surface area contributed by atoms with Crippen molar-refractivity contribution in [3.63, 3.8) is 0 Å².